The summed E-state index contributed by atoms with van der Waals surface area (Å²) in [4.78, 5) is 39.6. The Morgan fingerprint density at radius 3 is 2.23 bits per heavy atom. The van der Waals surface area contributed by atoms with E-state index in [1.807, 2.05) is 36.4 Å². The number of pyridine rings is 1. The number of carbonyl (C=O) groups excluding carboxylic acids is 2. The minimum Gasteiger partial charge on any atom is -0.481 e. The van der Waals surface area contributed by atoms with Crippen LogP contribution in [0.3, 0.4) is 0 Å². The van der Waals surface area contributed by atoms with Crippen LogP contribution in [0.25, 0.3) is 11.1 Å². The monoisotopic (exact) mass is 475 g/mol. The van der Waals surface area contributed by atoms with Gasteiger partial charge in [0, 0.05) is 13.0 Å². The summed E-state index contributed by atoms with van der Waals surface area (Å²) in [5, 5.41) is 14.0. The molecule has 180 valence electrons. The van der Waals surface area contributed by atoms with E-state index in [1.165, 1.54) is 19.4 Å². The first-order valence-electron chi connectivity index (χ1n) is 11.1. The molecule has 0 aliphatic heterocycles. The fraction of sp³-hybridized carbons (Fsp3) is 0.231. The minimum atomic E-state index is -0.993. The number of carboxylic acids is 1. The summed E-state index contributed by atoms with van der Waals surface area (Å²) in [5.41, 5.74) is 5.25. The van der Waals surface area contributed by atoms with E-state index in [0.717, 1.165) is 22.3 Å². The van der Waals surface area contributed by atoms with Crippen molar-refractivity contribution in [1.29, 1.82) is 0 Å². The number of ether oxygens (including phenoxy) is 2. The molecule has 35 heavy (non-hydrogen) atoms. The van der Waals surface area contributed by atoms with Gasteiger partial charge >= 0.3 is 12.1 Å². The van der Waals surface area contributed by atoms with E-state index >= 15 is 0 Å². The van der Waals surface area contributed by atoms with Crippen LogP contribution in [0.4, 0.5) is 10.5 Å². The van der Waals surface area contributed by atoms with E-state index in [2.05, 4.69) is 27.8 Å². The summed E-state index contributed by atoms with van der Waals surface area (Å²) in [6, 6.07) is 19.2. The first-order chi connectivity index (χ1) is 17.0. The zero-order chi connectivity index (χ0) is 24.8. The third-order valence-corrected chi connectivity index (χ3v) is 5.78. The number of hydrogen-bond donors (Lipinski definition) is 3. The first-order valence-corrected chi connectivity index (χ1v) is 11.1. The number of aromatic nitrogens is 1. The number of fused-ring (bicyclic) bond motifs is 3. The highest BCUT2D eigenvalue weighted by molar-refractivity contribution is 5.94. The summed E-state index contributed by atoms with van der Waals surface area (Å²) < 4.78 is 10.7. The van der Waals surface area contributed by atoms with Crippen LogP contribution in [0.5, 0.6) is 0 Å². The molecule has 0 spiro atoms. The van der Waals surface area contributed by atoms with Crippen LogP contribution in [0.2, 0.25) is 0 Å². The number of carbonyl (C=O) groups is 3. The molecule has 4 rings (SSSR count). The van der Waals surface area contributed by atoms with E-state index in [0.29, 0.717) is 11.4 Å². The van der Waals surface area contributed by atoms with Crippen LogP contribution in [0.1, 0.15) is 22.7 Å². The fourth-order valence-electron chi connectivity index (χ4n) is 4.09. The molecule has 0 bridgehead atoms. The molecular weight excluding hydrogens is 450 g/mol. The predicted molar refractivity (Wildman–Crippen MR) is 128 cm³/mol. The van der Waals surface area contributed by atoms with Crippen LogP contribution in [0.15, 0.2) is 66.9 Å². The molecule has 2 aromatic carbocycles. The van der Waals surface area contributed by atoms with Gasteiger partial charge in [0.05, 0.1) is 30.5 Å². The maximum atomic E-state index is 12.5. The van der Waals surface area contributed by atoms with Gasteiger partial charge in [0.1, 0.15) is 6.61 Å². The second-order valence-electron chi connectivity index (χ2n) is 8.03. The van der Waals surface area contributed by atoms with Gasteiger partial charge in [-0.15, -0.1) is 0 Å². The van der Waals surface area contributed by atoms with Gasteiger partial charge in [-0.2, -0.15) is 0 Å². The number of methoxy groups -OCH3 is 1. The van der Waals surface area contributed by atoms with Crippen molar-refractivity contribution in [3.05, 3.63) is 83.7 Å². The molecule has 9 heteroatoms. The SMILES string of the molecule is COC(CNC(=O)OCC1c2ccccc2-c2ccccc21)C(=O)Nc1ccc(CC(=O)O)nc1. The highest BCUT2D eigenvalue weighted by Gasteiger charge is 2.29. The van der Waals surface area contributed by atoms with Crippen LogP contribution < -0.4 is 10.6 Å². The number of nitrogens with one attached hydrogen (secondary N) is 2. The fourth-order valence-corrected chi connectivity index (χ4v) is 4.09. The lowest BCUT2D eigenvalue weighted by molar-refractivity contribution is -0.136. The van der Waals surface area contributed by atoms with Gasteiger partial charge in [0.15, 0.2) is 6.10 Å². The van der Waals surface area contributed by atoms with E-state index < -0.39 is 24.1 Å². The number of hydrogen-bond acceptors (Lipinski definition) is 6. The number of aliphatic carboxylic acids is 1. The standard InChI is InChI=1S/C26H25N3O6/c1-34-23(25(32)29-17-11-10-16(27-13-17)12-24(30)31)14-28-26(33)35-15-22-20-8-4-2-6-18(20)19-7-3-5-9-21(19)22/h2-11,13,22-23H,12,14-15H2,1H3,(H,28,33)(H,29,32)(H,30,31). The average molecular weight is 476 g/mol. The second kappa shape index (κ2) is 10.8. The molecule has 1 aromatic heterocycles. The summed E-state index contributed by atoms with van der Waals surface area (Å²) in [6.07, 6.45) is -0.462. The quantitative estimate of drug-likeness (QED) is 0.434. The second-order valence-corrected chi connectivity index (χ2v) is 8.03. The summed E-state index contributed by atoms with van der Waals surface area (Å²) in [7, 11) is 1.36. The molecule has 1 aliphatic carbocycles. The summed E-state index contributed by atoms with van der Waals surface area (Å²) in [5.74, 6) is -1.54. The number of amides is 2. The van der Waals surface area contributed by atoms with E-state index in [9.17, 15) is 14.4 Å². The molecule has 1 unspecified atom stereocenters. The number of benzene rings is 2. The van der Waals surface area contributed by atoms with Crippen molar-refractivity contribution in [2.24, 2.45) is 0 Å². The van der Waals surface area contributed by atoms with Crippen molar-refractivity contribution < 1.29 is 29.0 Å². The summed E-state index contributed by atoms with van der Waals surface area (Å²) >= 11 is 0. The Bertz CT molecular complexity index is 1180. The zero-order valence-corrected chi connectivity index (χ0v) is 19.1. The predicted octanol–water partition coefficient (Wildman–Crippen LogP) is 3.20. The molecule has 1 heterocycles. The van der Waals surface area contributed by atoms with Gasteiger partial charge in [-0.05, 0) is 34.4 Å². The minimum absolute atomic E-state index is 0.0636. The molecule has 0 saturated carbocycles. The Morgan fingerprint density at radius 2 is 1.66 bits per heavy atom. The van der Waals surface area contributed by atoms with E-state index in [1.54, 1.807) is 6.07 Å². The lowest BCUT2D eigenvalue weighted by Gasteiger charge is -2.17. The van der Waals surface area contributed by atoms with Crippen molar-refractivity contribution in [2.45, 2.75) is 18.4 Å². The molecule has 2 amide bonds. The molecule has 3 N–H and O–H groups in total. The van der Waals surface area contributed by atoms with Crippen LogP contribution in [-0.2, 0) is 25.5 Å². The lowest BCUT2D eigenvalue weighted by atomic mass is 9.98. The smallest absolute Gasteiger partial charge is 0.407 e. The molecule has 3 aromatic rings. The third kappa shape index (κ3) is 5.64. The van der Waals surface area contributed by atoms with Gasteiger partial charge in [-0.3, -0.25) is 14.6 Å². The number of carboxylic acid groups (broad SMARTS) is 1. The van der Waals surface area contributed by atoms with Crippen molar-refractivity contribution >= 4 is 23.7 Å². The number of rotatable bonds is 9. The Morgan fingerprint density at radius 1 is 1.00 bits per heavy atom. The number of anilines is 1. The molecule has 9 nitrogen and oxygen atoms in total. The van der Waals surface area contributed by atoms with Crippen LogP contribution >= 0.6 is 0 Å². The highest BCUT2D eigenvalue weighted by atomic mass is 16.5. The van der Waals surface area contributed by atoms with Crippen molar-refractivity contribution in [1.82, 2.24) is 10.3 Å². The Kier molecular flexibility index (Phi) is 7.37. The van der Waals surface area contributed by atoms with Gasteiger partial charge in [0.25, 0.3) is 5.91 Å². The average Bonchev–Trinajstić information content (AvgIpc) is 3.18. The molecule has 0 fully saturated rings. The third-order valence-electron chi connectivity index (χ3n) is 5.78. The van der Waals surface area contributed by atoms with Gasteiger partial charge < -0.3 is 25.2 Å². The van der Waals surface area contributed by atoms with Gasteiger partial charge in [0.2, 0.25) is 0 Å². The van der Waals surface area contributed by atoms with Gasteiger partial charge in [-0.1, -0.05) is 48.5 Å². The largest absolute Gasteiger partial charge is 0.481 e. The maximum absolute atomic E-state index is 12.5. The van der Waals surface area contributed by atoms with E-state index in [-0.39, 0.29) is 25.5 Å². The zero-order valence-electron chi connectivity index (χ0n) is 19.1. The van der Waals surface area contributed by atoms with Gasteiger partial charge in [-0.25, -0.2) is 4.79 Å². The van der Waals surface area contributed by atoms with Crippen molar-refractivity contribution in [3.63, 3.8) is 0 Å². The first kappa shape index (κ1) is 23.9. The van der Waals surface area contributed by atoms with Crippen LogP contribution in [-0.4, -0.2) is 54.4 Å². The van der Waals surface area contributed by atoms with Crippen LogP contribution in [0, 0.1) is 0 Å². The maximum Gasteiger partial charge on any atom is 0.407 e. The summed E-state index contributed by atoms with van der Waals surface area (Å²) in [6.45, 7) is 0.0710. The van der Waals surface area contributed by atoms with Crippen molar-refractivity contribution in [3.8, 4) is 11.1 Å². The molecule has 0 radical (unpaired) electrons. The molecule has 0 saturated heterocycles. The Hall–Kier alpha value is -4.24. The Balaban J connectivity index is 1.29. The number of nitrogens with zero attached hydrogens (tertiary/aromatic N) is 1. The topological polar surface area (TPSA) is 127 Å². The number of alkyl carbamates (subject to hydrolysis) is 1. The molecular formula is C26H25N3O6. The normalized spacial score (nSPS) is 12.8. The van der Waals surface area contributed by atoms with E-state index in [4.69, 9.17) is 14.6 Å². The molecule has 1 aliphatic rings. The molecule has 1 atom stereocenters. The Labute approximate surface area is 202 Å². The lowest BCUT2D eigenvalue weighted by Crippen LogP contribution is -2.41. The highest BCUT2D eigenvalue weighted by Crippen LogP contribution is 2.44. The van der Waals surface area contributed by atoms with Crippen molar-refractivity contribution in [2.75, 3.05) is 25.6 Å².